The summed E-state index contributed by atoms with van der Waals surface area (Å²) in [4.78, 5) is 12.4. The molecule has 0 aliphatic heterocycles. The summed E-state index contributed by atoms with van der Waals surface area (Å²) in [5.74, 6) is 1.02. The summed E-state index contributed by atoms with van der Waals surface area (Å²) < 4.78 is 10.3. The van der Waals surface area contributed by atoms with Gasteiger partial charge in [-0.05, 0) is 19.8 Å². The molecule has 0 aromatic carbocycles. The average Bonchev–Trinajstić information content (AvgIpc) is 2.38. The molecular formula is C11H21N5O2. The molecule has 7 nitrogen and oxygen atoms in total. The average molecular weight is 255 g/mol. The van der Waals surface area contributed by atoms with E-state index in [-0.39, 0.29) is 0 Å². The van der Waals surface area contributed by atoms with E-state index in [4.69, 9.17) is 9.47 Å². The number of nitrogens with zero attached hydrogens (tertiary/aromatic N) is 3. The van der Waals surface area contributed by atoms with Crippen molar-refractivity contribution in [1.29, 1.82) is 0 Å². The number of nitrogens with one attached hydrogen (secondary N) is 2. The molecule has 0 aliphatic rings. The van der Waals surface area contributed by atoms with Crippen molar-refractivity contribution in [3.05, 3.63) is 0 Å². The smallest absolute Gasteiger partial charge is 0.323 e. The Balaban J connectivity index is 2.50. The van der Waals surface area contributed by atoms with E-state index in [1.54, 1.807) is 14.2 Å². The minimum atomic E-state index is 0.330. The van der Waals surface area contributed by atoms with Crippen molar-refractivity contribution >= 4 is 11.9 Å². The normalized spacial score (nSPS) is 10.2. The van der Waals surface area contributed by atoms with Gasteiger partial charge in [0.1, 0.15) is 0 Å². The maximum atomic E-state index is 5.27. The number of unbranched alkanes of at least 4 members (excludes halogenated alkanes) is 1. The minimum absolute atomic E-state index is 0.330. The zero-order chi connectivity index (χ0) is 13.2. The molecule has 0 amide bonds. The molecular weight excluding hydrogens is 234 g/mol. The highest BCUT2D eigenvalue weighted by Gasteiger charge is 2.05. The fourth-order valence-electron chi connectivity index (χ4n) is 1.31. The zero-order valence-corrected chi connectivity index (χ0v) is 11.2. The Labute approximate surface area is 107 Å². The van der Waals surface area contributed by atoms with E-state index < -0.39 is 0 Å². The summed E-state index contributed by atoms with van der Waals surface area (Å²) in [5, 5.41) is 6.01. The van der Waals surface area contributed by atoms with Crippen LogP contribution in [0.2, 0.25) is 0 Å². The van der Waals surface area contributed by atoms with Gasteiger partial charge in [0.2, 0.25) is 11.9 Å². The van der Waals surface area contributed by atoms with Crippen LogP contribution in [-0.2, 0) is 4.74 Å². The molecule has 0 saturated carbocycles. The van der Waals surface area contributed by atoms with Gasteiger partial charge >= 0.3 is 6.01 Å². The second-order valence-corrected chi connectivity index (χ2v) is 3.57. The quantitative estimate of drug-likeness (QED) is 0.640. The molecule has 0 aliphatic carbocycles. The molecule has 0 unspecified atom stereocenters. The topological polar surface area (TPSA) is 81.2 Å². The van der Waals surface area contributed by atoms with Crippen LogP contribution in [0.5, 0.6) is 6.01 Å². The Bertz CT molecular complexity index is 348. The lowest BCUT2D eigenvalue weighted by Gasteiger charge is -2.08. The molecule has 1 aromatic heterocycles. The predicted molar refractivity (Wildman–Crippen MR) is 70.1 cm³/mol. The molecule has 0 radical (unpaired) electrons. The van der Waals surface area contributed by atoms with Crippen LogP contribution in [0.25, 0.3) is 0 Å². The molecule has 0 fully saturated rings. The highest BCUT2D eigenvalue weighted by Crippen LogP contribution is 2.10. The third-order valence-electron chi connectivity index (χ3n) is 2.17. The minimum Gasteiger partial charge on any atom is -0.464 e. The van der Waals surface area contributed by atoms with Crippen molar-refractivity contribution in [2.45, 2.75) is 19.8 Å². The van der Waals surface area contributed by atoms with Crippen LogP contribution < -0.4 is 15.4 Å². The number of hydrogen-bond acceptors (Lipinski definition) is 7. The second kappa shape index (κ2) is 8.46. The third-order valence-corrected chi connectivity index (χ3v) is 2.17. The van der Waals surface area contributed by atoms with Gasteiger partial charge in [0.25, 0.3) is 0 Å². The summed E-state index contributed by atoms with van der Waals surface area (Å²) in [6, 6.07) is 0.330. The van der Waals surface area contributed by atoms with Crippen molar-refractivity contribution in [3.63, 3.8) is 0 Å². The summed E-state index contributed by atoms with van der Waals surface area (Å²) >= 11 is 0. The van der Waals surface area contributed by atoms with Crippen LogP contribution in [0.4, 0.5) is 11.9 Å². The van der Waals surface area contributed by atoms with E-state index in [9.17, 15) is 0 Å². The highest BCUT2D eigenvalue weighted by molar-refractivity contribution is 5.35. The van der Waals surface area contributed by atoms with Gasteiger partial charge in [-0.2, -0.15) is 15.0 Å². The van der Waals surface area contributed by atoms with Crippen molar-refractivity contribution in [3.8, 4) is 6.01 Å². The van der Waals surface area contributed by atoms with E-state index in [1.165, 1.54) is 0 Å². The van der Waals surface area contributed by atoms with Crippen LogP contribution in [-0.4, -0.2) is 48.9 Å². The van der Waals surface area contributed by atoms with Crippen molar-refractivity contribution in [1.82, 2.24) is 15.0 Å². The van der Waals surface area contributed by atoms with Gasteiger partial charge < -0.3 is 20.1 Å². The highest BCUT2D eigenvalue weighted by atomic mass is 16.5. The molecule has 1 aromatic rings. The number of anilines is 2. The van der Waals surface area contributed by atoms with Gasteiger partial charge in [0.05, 0.1) is 6.61 Å². The lowest BCUT2D eigenvalue weighted by atomic mass is 10.3. The summed E-state index contributed by atoms with van der Waals surface area (Å²) in [6.45, 7) is 3.98. The Morgan fingerprint density at radius 2 is 1.89 bits per heavy atom. The van der Waals surface area contributed by atoms with Gasteiger partial charge in [-0.15, -0.1) is 0 Å². The van der Waals surface area contributed by atoms with Crippen LogP contribution in [0, 0.1) is 0 Å². The van der Waals surface area contributed by atoms with Crippen molar-refractivity contribution in [2.24, 2.45) is 0 Å². The van der Waals surface area contributed by atoms with Gasteiger partial charge in [-0.25, -0.2) is 0 Å². The van der Waals surface area contributed by atoms with Gasteiger partial charge in [-0.1, -0.05) is 0 Å². The Morgan fingerprint density at radius 1 is 1.11 bits per heavy atom. The number of methoxy groups -OCH3 is 1. The summed E-state index contributed by atoms with van der Waals surface area (Å²) in [6.07, 6.45) is 2.00. The van der Waals surface area contributed by atoms with E-state index in [0.717, 1.165) is 26.0 Å². The first-order valence-corrected chi connectivity index (χ1v) is 6.09. The summed E-state index contributed by atoms with van der Waals surface area (Å²) in [7, 11) is 3.46. The molecule has 18 heavy (non-hydrogen) atoms. The van der Waals surface area contributed by atoms with Crippen LogP contribution in [0.1, 0.15) is 19.8 Å². The molecule has 0 atom stereocenters. The fraction of sp³-hybridized carbons (Fsp3) is 0.727. The standard InChI is InChI=1S/C11H21N5O2/c1-4-18-11-15-9(12-2)14-10(16-11)13-7-5-6-8-17-3/h4-8H2,1-3H3,(H2,12,13,14,15,16). The first kappa shape index (κ1) is 14.4. The van der Waals surface area contributed by atoms with Crippen LogP contribution in [0.15, 0.2) is 0 Å². The molecule has 102 valence electrons. The van der Waals surface area contributed by atoms with Crippen LogP contribution in [0.3, 0.4) is 0 Å². The monoisotopic (exact) mass is 255 g/mol. The molecule has 1 rings (SSSR count). The largest absolute Gasteiger partial charge is 0.464 e. The third kappa shape index (κ3) is 5.13. The van der Waals surface area contributed by atoms with Gasteiger partial charge in [0, 0.05) is 27.3 Å². The van der Waals surface area contributed by atoms with Crippen molar-refractivity contribution < 1.29 is 9.47 Å². The first-order chi connectivity index (χ1) is 8.80. The van der Waals surface area contributed by atoms with Crippen molar-refractivity contribution in [2.75, 3.05) is 44.5 Å². The number of aromatic nitrogens is 3. The van der Waals surface area contributed by atoms with E-state index in [0.29, 0.717) is 24.5 Å². The molecule has 0 bridgehead atoms. The number of ether oxygens (including phenoxy) is 2. The maximum absolute atomic E-state index is 5.27. The Hall–Kier alpha value is -1.63. The fourth-order valence-corrected chi connectivity index (χ4v) is 1.31. The van der Waals surface area contributed by atoms with E-state index >= 15 is 0 Å². The lowest BCUT2D eigenvalue weighted by molar-refractivity contribution is 0.193. The van der Waals surface area contributed by atoms with Gasteiger partial charge in [0.15, 0.2) is 0 Å². The van der Waals surface area contributed by atoms with Gasteiger partial charge in [-0.3, -0.25) is 0 Å². The second-order valence-electron chi connectivity index (χ2n) is 3.57. The predicted octanol–water partition coefficient (Wildman–Crippen LogP) is 1.15. The lowest BCUT2D eigenvalue weighted by Crippen LogP contribution is -2.10. The van der Waals surface area contributed by atoms with E-state index in [1.807, 2.05) is 6.92 Å². The zero-order valence-electron chi connectivity index (χ0n) is 11.2. The summed E-state index contributed by atoms with van der Waals surface area (Å²) in [5.41, 5.74) is 0. The SMILES string of the molecule is CCOc1nc(NC)nc(NCCCCOC)n1. The molecule has 0 spiro atoms. The maximum Gasteiger partial charge on any atom is 0.323 e. The molecule has 1 heterocycles. The Kier molecular flexibility index (Phi) is 6.78. The molecule has 7 heteroatoms. The Morgan fingerprint density at radius 3 is 2.56 bits per heavy atom. The number of hydrogen-bond donors (Lipinski definition) is 2. The number of rotatable bonds is 9. The molecule has 0 saturated heterocycles. The first-order valence-electron chi connectivity index (χ1n) is 6.09. The van der Waals surface area contributed by atoms with E-state index in [2.05, 4.69) is 25.6 Å². The van der Waals surface area contributed by atoms with Crippen LogP contribution >= 0.6 is 0 Å². The molecule has 2 N–H and O–H groups in total.